The van der Waals surface area contributed by atoms with Gasteiger partial charge in [-0.3, -0.25) is 0 Å². The molecular formula is C14H16N2O4S. The molecule has 0 unspecified atom stereocenters. The van der Waals surface area contributed by atoms with Crippen LogP contribution in [-0.4, -0.2) is 21.2 Å². The fraction of sp³-hybridized carbons (Fsp3) is 0.500. The van der Waals surface area contributed by atoms with Crippen molar-refractivity contribution in [3.05, 3.63) is 27.5 Å². The van der Waals surface area contributed by atoms with E-state index < -0.39 is 5.97 Å². The molecule has 21 heavy (non-hydrogen) atoms. The Morgan fingerprint density at radius 1 is 1.57 bits per heavy atom. The topological polar surface area (TPSA) is 85.5 Å². The van der Waals surface area contributed by atoms with E-state index >= 15 is 0 Å². The lowest BCUT2D eigenvalue weighted by molar-refractivity contribution is 0.0697. The predicted molar refractivity (Wildman–Crippen MR) is 76.0 cm³/mol. The number of rotatable bonds is 6. The summed E-state index contributed by atoms with van der Waals surface area (Å²) in [6.45, 7) is 4.12. The molecule has 0 amide bonds. The highest BCUT2D eigenvalue weighted by Crippen LogP contribution is 2.38. The van der Waals surface area contributed by atoms with Crippen LogP contribution in [0.1, 0.15) is 64.8 Å². The lowest BCUT2D eigenvalue weighted by Crippen LogP contribution is -2.00. The molecule has 1 fully saturated rings. The van der Waals surface area contributed by atoms with Gasteiger partial charge in [0.15, 0.2) is 17.3 Å². The number of hydrogen-bond acceptors (Lipinski definition) is 6. The minimum atomic E-state index is -0.980. The molecule has 2 aromatic heterocycles. The van der Waals surface area contributed by atoms with E-state index in [2.05, 4.69) is 10.1 Å². The zero-order valence-corrected chi connectivity index (χ0v) is 12.6. The van der Waals surface area contributed by atoms with Crippen molar-refractivity contribution in [1.82, 2.24) is 10.1 Å². The van der Waals surface area contributed by atoms with Gasteiger partial charge in [0.1, 0.15) is 5.75 Å². The van der Waals surface area contributed by atoms with Crippen LogP contribution in [0, 0.1) is 0 Å². The van der Waals surface area contributed by atoms with E-state index in [1.807, 2.05) is 13.8 Å². The fourth-order valence-electron chi connectivity index (χ4n) is 1.91. The van der Waals surface area contributed by atoms with Crippen LogP contribution in [0.2, 0.25) is 0 Å². The zero-order valence-electron chi connectivity index (χ0n) is 11.8. The van der Waals surface area contributed by atoms with Crippen molar-refractivity contribution in [2.75, 3.05) is 0 Å². The van der Waals surface area contributed by atoms with Crippen molar-refractivity contribution in [1.29, 1.82) is 0 Å². The number of aromatic nitrogens is 2. The number of carboxylic acids is 1. The molecule has 6 nitrogen and oxygen atoms in total. The Hall–Kier alpha value is -1.89. The van der Waals surface area contributed by atoms with Crippen molar-refractivity contribution in [3.63, 3.8) is 0 Å². The summed E-state index contributed by atoms with van der Waals surface area (Å²) in [5, 5.41) is 13.1. The van der Waals surface area contributed by atoms with Gasteiger partial charge in [-0.05, 0) is 24.8 Å². The Morgan fingerprint density at radius 3 is 2.95 bits per heavy atom. The van der Waals surface area contributed by atoms with Gasteiger partial charge in [-0.2, -0.15) is 4.98 Å². The summed E-state index contributed by atoms with van der Waals surface area (Å²) >= 11 is 1.24. The van der Waals surface area contributed by atoms with Crippen molar-refractivity contribution < 1.29 is 19.2 Å². The maximum absolute atomic E-state index is 11.2. The monoisotopic (exact) mass is 308 g/mol. The average molecular weight is 308 g/mol. The molecule has 7 heteroatoms. The van der Waals surface area contributed by atoms with Crippen LogP contribution in [0.4, 0.5) is 0 Å². The summed E-state index contributed by atoms with van der Waals surface area (Å²) in [7, 11) is 0. The van der Waals surface area contributed by atoms with Crippen LogP contribution >= 0.6 is 11.3 Å². The van der Waals surface area contributed by atoms with Gasteiger partial charge in [-0.25, -0.2) is 4.79 Å². The normalized spacial score (nSPS) is 14.6. The summed E-state index contributed by atoms with van der Waals surface area (Å²) in [6.07, 6.45) is 2.20. The first kappa shape index (κ1) is 14.1. The van der Waals surface area contributed by atoms with Crippen LogP contribution < -0.4 is 4.74 Å². The van der Waals surface area contributed by atoms with Crippen molar-refractivity contribution in [3.8, 4) is 5.75 Å². The summed E-state index contributed by atoms with van der Waals surface area (Å²) in [5.74, 6) is 1.17. The number of hydrogen-bond donors (Lipinski definition) is 1. The fourth-order valence-corrected chi connectivity index (χ4v) is 2.85. The predicted octanol–water partition coefficient (Wildman–Crippen LogP) is 3.41. The molecule has 1 N–H and O–H groups in total. The first-order valence-corrected chi connectivity index (χ1v) is 7.68. The van der Waals surface area contributed by atoms with Crippen LogP contribution in [0.5, 0.6) is 5.75 Å². The van der Waals surface area contributed by atoms with Crippen LogP contribution in [-0.2, 0) is 6.61 Å². The molecule has 0 radical (unpaired) electrons. The first-order chi connectivity index (χ1) is 10.0. The van der Waals surface area contributed by atoms with Gasteiger partial charge in [0.05, 0.1) is 0 Å². The van der Waals surface area contributed by atoms with E-state index in [9.17, 15) is 9.90 Å². The lowest BCUT2D eigenvalue weighted by atomic mass is 10.2. The first-order valence-electron chi connectivity index (χ1n) is 6.87. The number of thiophene rings is 1. The Morgan fingerprint density at radius 2 is 2.33 bits per heavy atom. The third-order valence-electron chi connectivity index (χ3n) is 3.26. The minimum Gasteiger partial charge on any atom is -0.482 e. The van der Waals surface area contributed by atoms with Gasteiger partial charge in [-0.15, -0.1) is 11.3 Å². The molecule has 1 aliphatic carbocycles. The molecule has 2 aromatic rings. The number of carboxylic acid groups (broad SMARTS) is 1. The van der Waals surface area contributed by atoms with Crippen molar-refractivity contribution >= 4 is 17.3 Å². The van der Waals surface area contributed by atoms with Gasteiger partial charge in [0.2, 0.25) is 0 Å². The molecule has 0 saturated heterocycles. The maximum atomic E-state index is 11.2. The molecule has 3 rings (SSSR count). The van der Waals surface area contributed by atoms with Crippen LogP contribution in [0.25, 0.3) is 0 Å². The summed E-state index contributed by atoms with van der Waals surface area (Å²) in [5.41, 5.74) is 0. The second kappa shape index (κ2) is 5.48. The molecular weight excluding hydrogens is 292 g/mol. The van der Waals surface area contributed by atoms with E-state index in [1.165, 1.54) is 11.3 Å². The zero-order chi connectivity index (χ0) is 15.0. The molecule has 1 saturated carbocycles. The molecule has 0 atom stereocenters. The number of ether oxygens (including phenoxy) is 1. The standard InChI is InChI=1S/C14H16N2O4S/c1-7(2)10-5-9(12(21-10)14(17)18)19-6-11-15-13(16-20-11)8-3-4-8/h5,7-8H,3-4,6H2,1-2H3,(H,17,18). The van der Waals surface area contributed by atoms with Crippen molar-refractivity contribution in [2.24, 2.45) is 0 Å². The quantitative estimate of drug-likeness (QED) is 0.880. The molecule has 0 aromatic carbocycles. The number of aromatic carboxylic acids is 1. The Kier molecular flexibility index (Phi) is 3.67. The third-order valence-corrected chi connectivity index (χ3v) is 4.66. The molecule has 112 valence electrons. The Bertz CT molecular complexity index is 658. The van der Waals surface area contributed by atoms with Gasteiger partial charge < -0.3 is 14.4 Å². The second-order valence-electron chi connectivity index (χ2n) is 5.41. The molecule has 0 spiro atoms. The lowest BCUT2D eigenvalue weighted by Gasteiger charge is -2.01. The van der Waals surface area contributed by atoms with E-state index in [4.69, 9.17) is 9.26 Å². The molecule has 0 bridgehead atoms. The third kappa shape index (κ3) is 3.07. The molecule has 2 heterocycles. The summed E-state index contributed by atoms with van der Waals surface area (Å²) < 4.78 is 10.7. The molecule has 1 aliphatic rings. The van der Waals surface area contributed by atoms with E-state index in [1.54, 1.807) is 6.07 Å². The van der Waals surface area contributed by atoms with Gasteiger partial charge >= 0.3 is 5.97 Å². The number of nitrogens with zero attached hydrogens (tertiary/aromatic N) is 2. The number of carbonyl (C=O) groups is 1. The maximum Gasteiger partial charge on any atom is 0.349 e. The van der Waals surface area contributed by atoms with Gasteiger partial charge in [0, 0.05) is 10.8 Å². The Labute approximate surface area is 125 Å². The highest BCUT2D eigenvalue weighted by Gasteiger charge is 2.29. The SMILES string of the molecule is CC(C)c1cc(OCc2nc(C3CC3)no2)c(C(=O)O)s1. The molecule has 0 aliphatic heterocycles. The smallest absolute Gasteiger partial charge is 0.349 e. The van der Waals surface area contributed by atoms with E-state index in [0.29, 0.717) is 17.6 Å². The second-order valence-corrected chi connectivity index (χ2v) is 6.50. The summed E-state index contributed by atoms with van der Waals surface area (Å²) in [6, 6.07) is 1.77. The Balaban J connectivity index is 1.72. The van der Waals surface area contributed by atoms with Crippen LogP contribution in [0.3, 0.4) is 0 Å². The highest BCUT2D eigenvalue weighted by atomic mass is 32.1. The largest absolute Gasteiger partial charge is 0.482 e. The van der Waals surface area contributed by atoms with Gasteiger partial charge in [0.25, 0.3) is 5.89 Å². The van der Waals surface area contributed by atoms with E-state index in [0.717, 1.165) is 23.5 Å². The highest BCUT2D eigenvalue weighted by molar-refractivity contribution is 7.14. The minimum absolute atomic E-state index is 0.0915. The van der Waals surface area contributed by atoms with Crippen LogP contribution in [0.15, 0.2) is 10.6 Å². The van der Waals surface area contributed by atoms with Crippen molar-refractivity contribution in [2.45, 2.75) is 45.1 Å². The van der Waals surface area contributed by atoms with E-state index in [-0.39, 0.29) is 17.4 Å². The summed E-state index contributed by atoms with van der Waals surface area (Å²) in [4.78, 5) is 16.7. The average Bonchev–Trinajstić information content (AvgIpc) is 3.02. The van der Waals surface area contributed by atoms with Gasteiger partial charge in [-0.1, -0.05) is 19.0 Å².